The number of ether oxygens (including phenoxy) is 2. The Balaban J connectivity index is 1.22. The minimum Gasteiger partial charge on any atom is -0.448 e. The number of benzene rings is 3. The number of aliphatic hydroxyl groups is 1. The van der Waals surface area contributed by atoms with Crippen LogP contribution in [0.1, 0.15) is 41.0 Å². The number of halogens is 2. The van der Waals surface area contributed by atoms with E-state index in [-0.39, 0.29) is 49.7 Å². The average molecular weight is 492 g/mol. The lowest BCUT2D eigenvalue weighted by Crippen LogP contribution is -2.62. The molecule has 0 aromatic heterocycles. The number of rotatable bonds is 3. The SMILES string of the molecule is Cc1cc(C2(O)CC3COCC(C2)N3C(=O)OCC2c3ccccc3-c3ccccc32)c(F)cc1F. The standard InChI is InChI=1S/C29H27F2NO4/c1-17-10-25(27(31)11-26(17)30)29(34)12-18-14-35-15-19(13-29)32(18)28(33)36-16-24-22-8-4-2-6-20(22)21-7-3-5-9-23(21)24/h2-11,18-19,24,34H,12-16H2,1H3. The second-order valence-corrected chi connectivity index (χ2v) is 10.1. The molecule has 6 rings (SSSR count). The van der Waals surface area contributed by atoms with E-state index in [1.165, 1.54) is 13.0 Å². The molecule has 5 nitrogen and oxygen atoms in total. The van der Waals surface area contributed by atoms with Crippen molar-refractivity contribution in [1.82, 2.24) is 4.90 Å². The van der Waals surface area contributed by atoms with Crippen LogP contribution in [0.2, 0.25) is 0 Å². The first-order valence-electron chi connectivity index (χ1n) is 12.3. The summed E-state index contributed by atoms with van der Waals surface area (Å²) in [4.78, 5) is 15.0. The number of fused-ring (bicyclic) bond motifs is 5. The number of nitrogens with zero attached hydrogens (tertiary/aromatic N) is 1. The second-order valence-electron chi connectivity index (χ2n) is 10.1. The van der Waals surface area contributed by atoms with Crippen molar-refractivity contribution in [2.24, 2.45) is 0 Å². The smallest absolute Gasteiger partial charge is 0.410 e. The van der Waals surface area contributed by atoms with Gasteiger partial charge in [0.15, 0.2) is 0 Å². The molecule has 2 unspecified atom stereocenters. The zero-order valence-electron chi connectivity index (χ0n) is 19.9. The van der Waals surface area contributed by atoms with Crippen LogP contribution in [0.4, 0.5) is 13.6 Å². The van der Waals surface area contributed by atoms with Gasteiger partial charge in [-0.3, -0.25) is 4.90 Å². The topological polar surface area (TPSA) is 59.0 Å². The van der Waals surface area contributed by atoms with Crippen LogP contribution < -0.4 is 0 Å². The summed E-state index contributed by atoms with van der Waals surface area (Å²) in [6, 6.07) is 17.5. The first-order chi connectivity index (χ1) is 17.4. The quantitative estimate of drug-likeness (QED) is 0.542. The molecule has 2 heterocycles. The van der Waals surface area contributed by atoms with E-state index in [4.69, 9.17) is 9.47 Å². The Bertz CT molecular complexity index is 1280. The third kappa shape index (κ3) is 3.69. The lowest BCUT2D eigenvalue weighted by molar-refractivity contribution is -0.137. The maximum atomic E-state index is 14.7. The van der Waals surface area contributed by atoms with Gasteiger partial charge in [-0.25, -0.2) is 13.6 Å². The van der Waals surface area contributed by atoms with E-state index < -0.39 is 35.4 Å². The molecule has 0 radical (unpaired) electrons. The molecule has 3 aliphatic rings. The van der Waals surface area contributed by atoms with Gasteiger partial charge in [0.25, 0.3) is 0 Å². The Hall–Kier alpha value is -3.29. The van der Waals surface area contributed by atoms with E-state index in [1.54, 1.807) is 4.90 Å². The van der Waals surface area contributed by atoms with E-state index in [0.717, 1.165) is 28.3 Å². The summed E-state index contributed by atoms with van der Waals surface area (Å²) in [5.41, 5.74) is 3.36. The van der Waals surface area contributed by atoms with E-state index >= 15 is 0 Å². The van der Waals surface area contributed by atoms with Crippen molar-refractivity contribution in [2.75, 3.05) is 19.8 Å². The van der Waals surface area contributed by atoms with Gasteiger partial charge < -0.3 is 14.6 Å². The van der Waals surface area contributed by atoms with Crippen LogP contribution in [0, 0.1) is 18.6 Å². The van der Waals surface area contributed by atoms with Crippen molar-refractivity contribution in [3.63, 3.8) is 0 Å². The lowest BCUT2D eigenvalue weighted by Gasteiger charge is -2.51. The molecule has 1 aliphatic carbocycles. The van der Waals surface area contributed by atoms with Crippen LogP contribution >= 0.6 is 0 Å². The van der Waals surface area contributed by atoms with Gasteiger partial charge in [0, 0.05) is 30.4 Å². The fourth-order valence-corrected chi connectivity index (χ4v) is 6.18. The average Bonchev–Trinajstić information content (AvgIpc) is 3.18. The lowest BCUT2D eigenvalue weighted by atomic mass is 9.76. The molecular formula is C29H27F2NO4. The zero-order valence-corrected chi connectivity index (χ0v) is 19.9. The van der Waals surface area contributed by atoms with Crippen LogP contribution in [0.5, 0.6) is 0 Å². The number of piperidine rings is 1. The predicted octanol–water partition coefficient (Wildman–Crippen LogP) is 5.27. The maximum Gasteiger partial charge on any atom is 0.410 e. The van der Waals surface area contributed by atoms with E-state index in [1.807, 2.05) is 24.3 Å². The van der Waals surface area contributed by atoms with E-state index in [2.05, 4.69) is 24.3 Å². The van der Waals surface area contributed by atoms with Crippen LogP contribution in [-0.2, 0) is 15.1 Å². The summed E-state index contributed by atoms with van der Waals surface area (Å²) in [5.74, 6) is -1.50. The Morgan fingerprint density at radius 3 is 2.19 bits per heavy atom. The molecule has 2 fully saturated rings. The van der Waals surface area contributed by atoms with Gasteiger partial charge in [0.1, 0.15) is 18.2 Å². The summed E-state index contributed by atoms with van der Waals surface area (Å²) in [6.07, 6.45) is -0.307. The number of carbonyl (C=O) groups is 1. The van der Waals surface area contributed by atoms with Crippen molar-refractivity contribution >= 4 is 6.09 Å². The Morgan fingerprint density at radius 1 is 1.00 bits per heavy atom. The van der Waals surface area contributed by atoms with Crippen molar-refractivity contribution in [3.8, 4) is 11.1 Å². The van der Waals surface area contributed by atoms with Gasteiger partial charge in [0.05, 0.1) is 30.9 Å². The maximum absolute atomic E-state index is 14.7. The third-order valence-electron chi connectivity index (χ3n) is 7.85. The molecule has 2 saturated heterocycles. The highest BCUT2D eigenvalue weighted by Crippen LogP contribution is 2.45. The van der Waals surface area contributed by atoms with Crippen LogP contribution in [0.15, 0.2) is 60.7 Å². The minimum atomic E-state index is -1.53. The molecule has 2 aliphatic heterocycles. The predicted molar refractivity (Wildman–Crippen MR) is 130 cm³/mol. The highest BCUT2D eigenvalue weighted by molar-refractivity contribution is 5.79. The van der Waals surface area contributed by atoms with E-state index in [9.17, 15) is 18.7 Å². The Labute approximate surface area is 208 Å². The molecule has 7 heteroatoms. The number of hydrogen-bond donors (Lipinski definition) is 1. The highest BCUT2D eigenvalue weighted by Gasteiger charge is 2.50. The molecule has 1 amide bonds. The fraction of sp³-hybridized carbons (Fsp3) is 0.345. The van der Waals surface area contributed by atoms with Gasteiger partial charge >= 0.3 is 6.09 Å². The molecule has 2 atom stereocenters. The summed E-state index contributed by atoms with van der Waals surface area (Å²) in [7, 11) is 0. The van der Waals surface area contributed by atoms with Crippen LogP contribution in [0.25, 0.3) is 11.1 Å². The summed E-state index contributed by atoms with van der Waals surface area (Å²) < 4.78 is 40.1. The first kappa shape index (κ1) is 23.1. The van der Waals surface area contributed by atoms with Gasteiger partial charge in [-0.1, -0.05) is 48.5 Å². The molecule has 0 spiro atoms. The summed E-state index contributed by atoms with van der Waals surface area (Å²) in [5, 5.41) is 11.5. The molecular weight excluding hydrogens is 464 g/mol. The monoisotopic (exact) mass is 491 g/mol. The molecule has 3 aromatic carbocycles. The summed E-state index contributed by atoms with van der Waals surface area (Å²) >= 11 is 0. The van der Waals surface area contributed by atoms with Crippen molar-refractivity contribution < 1.29 is 28.2 Å². The van der Waals surface area contributed by atoms with Crippen molar-refractivity contribution in [1.29, 1.82) is 0 Å². The molecule has 36 heavy (non-hydrogen) atoms. The normalized spacial score (nSPS) is 24.8. The van der Waals surface area contributed by atoms with Crippen molar-refractivity contribution in [2.45, 2.75) is 43.4 Å². The molecule has 3 aromatic rings. The van der Waals surface area contributed by atoms with E-state index in [0.29, 0.717) is 0 Å². The number of aryl methyl sites for hydroxylation is 1. The van der Waals surface area contributed by atoms with Gasteiger partial charge in [-0.15, -0.1) is 0 Å². The van der Waals surface area contributed by atoms with Crippen LogP contribution in [-0.4, -0.2) is 48.0 Å². The number of hydrogen-bond acceptors (Lipinski definition) is 4. The molecule has 186 valence electrons. The largest absolute Gasteiger partial charge is 0.448 e. The van der Waals surface area contributed by atoms with Crippen molar-refractivity contribution in [3.05, 3.63) is 94.6 Å². The molecule has 2 bridgehead atoms. The minimum absolute atomic E-state index is 0.0598. The second kappa shape index (κ2) is 8.68. The van der Waals surface area contributed by atoms with Crippen LogP contribution in [0.3, 0.4) is 0 Å². The number of carbonyl (C=O) groups excluding carboxylic acids is 1. The highest BCUT2D eigenvalue weighted by atomic mass is 19.1. The first-order valence-corrected chi connectivity index (χ1v) is 12.3. The summed E-state index contributed by atoms with van der Waals surface area (Å²) in [6.45, 7) is 2.16. The molecule has 1 N–H and O–H groups in total. The molecule has 0 saturated carbocycles. The fourth-order valence-electron chi connectivity index (χ4n) is 6.18. The zero-order chi connectivity index (χ0) is 25.0. The van der Waals surface area contributed by atoms with Gasteiger partial charge in [0.2, 0.25) is 0 Å². The Kier molecular flexibility index (Phi) is 5.57. The number of amides is 1. The Morgan fingerprint density at radius 2 is 1.58 bits per heavy atom. The van der Waals surface area contributed by atoms with Gasteiger partial charge in [-0.2, -0.15) is 0 Å². The number of morpholine rings is 1. The van der Waals surface area contributed by atoms with Gasteiger partial charge in [-0.05, 0) is 40.8 Å². The third-order valence-corrected chi connectivity index (χ3v) is 7.85.